The molecule has 0 saturated heterocycles. The number of aromatic nitrogens is 1. The van der Waals surface area contributed by atoms with Crippen LogP contribution in [-0.4, -0.2) is 10.9 Å². The Bertz CT molecular complexity index is 487. The Morgan fingerprint density at radius 3 is 2.56 bits per heavy atom. The third-order valence-electron chi connectivity index (χ3n) is 2.67. The Hall–Kier alpha value is -1.54. The summed E-state index contributed by atoms with van der Waals surface area (Å²) in [6, 6.07) is 15.9. The maximum Gasteiger partial charge on any atom is 0.214 e. The topological polar surface area (TPSA) is 22.1 Å². The van der Waals surface area contributed by atoms with Crippen LogP contribution in [0.3, 0.4) is 0 Å². The van der Waals surface area contributed by atoms with E-state index in [9.17, 15) is 0 Å². The number of alkyl halides is 1. The first kappa shape index (κ1) is 12.9. The second-order valence-corrected chi connectivity index (χ2v) is 4.49. The van der Waals surface area contributed by atoms with E-state index < -0.39 is 0 Å². The largest absolute Gasteiger partial charge is 0.469 e. The summed E-state index contributed by atoms with van der Waals surface area (Å²) in [6.07, 6.45) is 0.722. The van der Waals surface area contributed by atoms with Crippen LogP contribution in [0.25, 0.3) is 0 Å². The van der Waals surface area contributed by atoms with Crippen LogP contribution in [0.4, 0.5) is 0 Å². The number of nitrogens with zero attached hydrogens (tertiary/aromatic N) is 1. The summed E-state index contributed by atoms with van der Waals surface area (Å²) in [5.41, 5.74) is 2.08. The summed E-state index contributed by atoms with van der Waals surface area (Å²) < 4.78 is 5.93. The SMILES string of the molecule is Cc1cccc(OC(CCCl)c2ccccc2)n1. The van der Waals surface area contributed by atoms with Gasteiger partial charge in [-0.05, 0) is 18.6 Å². The summed E-state index contributed by atoms with van der Waals surface area (Å²) in [6.45, 7) is 1.95. The van der Waals surface area contributed by atoms with Crippen LogP contribution in [0.5, 0.6) is 5.88 Å². The molecule has 1 heterocycles. The van der Waals surface area contributed by atoms with E-state index in [1.54, 1.807) is 0 Å². The van der Waals surface area contributed by atoms with Crippen LogP contribution < -0.4 is 4.74 Å². The molecule has 0 spiro atoms. The van der Waals surface area contributed by atoms with Gasteiger partial charge in [-0.1, -0.05) is 36.4 Å². The standard InChI is InChI=1S/C15H16ClNO/c1-12-6-5-9-15(17-12)18-14(10-11-16)13-7-3-2-4-8-13/h2-9,14H,10-11H2,1H3. The molecule has 18 heavy (non-hydrogen) atoms. The fourth-order valence-corrected chi connectivity index (χ4v) is 1.99. The van der Waals surface area contributed by atoms with Gasteiger partial charge in [0.05, 0.1) is 0 Å². The molecule has 0 saturated carbocycles. The fraction of sp³-hybridized carbons (Fsp3) is 0.267. The quantitative estimate of drug-likeness (QED) is 0.755. The zero-order valence-corrected chi connectivity index (χ0v) is 11.1. The first-order valence-corrected chi connectivity index (χ1v) is 6.54. The van der Waals surface area contributed by atoms with Gasteiger partial charge >= 0.3 is 0 Å². The minimum atomic E-state index is -0.0435. The Kier molecular flexibility index (Phi) is 4.59. The Labute approximate surface area is 113 Å². The average Bonchev–Trinajstić information content (AvgIpc) is 2.39. The number of halogens is 1. The molecular formula is C15H16ClNO. The number of benzene rings is 1. The van der Waals surface area contributed by atoms with Crippen LogP contribution >= 0.6 is 11.6 Å². The zero-order chi connectivity index (χ0) is 12.8. The molecule has 0 radical (unpaired) electrons. The predicted molar refractivity (Wildman–Crippen MR) is 74.1 cm³/mol. The molecule has 1 aromatic heterocycles. The second-order valence-electron chi connectivity index (χ2n) is 4.11. The molecule has 0 N–H and O–H groups in total. The first-order chi connectivity index (χ1) is 8.79. The smallest absolute Gasteiger partial charge is 0.214 e. The molecule has 0 amide bonds. The van der Waals surface area contributed by atoms with Gasteiger partial charge in [-0.15, -0.1) is 11.6 Å². The highest BCUT2D eigenvalue weighted by molar-refractivity contribution is 6.17. The highest BCUT2D eigenvalue weighted by Crippen LogP contribution is 2.23. The van der Waals surface area contributed by atoms with Crippen molar-refractivity contribution >= 4 is 11.6 Å². The molecule has 1 atom stereocenters. The van der Waals surface area contributed by atoms with E-state index in [2.05, 4.69) is 4.98 Å². The Morgan fingerprint density at radius 2 is 1.89 bits per heavy atom. The van der Waals surface area contributed by atoms with Crippen LogP contribution in [-0.2, 0) is 0 Å². The summed E-state index contributed by atoms with van der Waals surface area (Å²) >= 11 is 5.84. The molecule has 94 valence electrons. The number of rotatable bonds is 5. The monoisotopic (exact) mass is 261 g/mol. The van der Waals surface area contributed by atoms with Gasteiger partial charge in [0.25, 0.3) is 0 Å². The highest BCUT2D eigenvalue weighted by atomic mass is 35.5. The van der Waals surface area contributed by atoms with Crippen molar-refractivity contribution in [2.24, 2.45) is 0 Å². The number of hydrogen-bond acceptors (Lipinski definition) is 2. The lowest BCUT2D eigenvalue weighted by molar-refractivity contribution is 0.193. The van der Waals surface area contributed by atoms with Gasteiger partial charge in [-0.25, -0.2) is 4.98 Å². The van der Waals surface area contributed by atoms with Gasteiger partial charge < -0.3 is 4.74 Å². The molecule has 2 aromatic rings. The van der Waals surface area contributed by atoms with Crippen molar-refractivity contribution in [3.05, 3.63) is 59.8 Å². The fourth-order valence-electron chi connectivity index (χ4n) is 1.79. The van der Waals surface area contributed by atoms with E-state index in [-0.39, 0.29) is 6.10 Å². The lowest BCUT2D eigenvalue weighted by Crippen LogP contribution is -2.09. The lowest BCUT2D eigenvalue weighted by atomic mass is 10.1. The van der Waals surface area contributed by atoms with Crippen molar-refractivity contribution in [1.29, 1.82) is 0 Å². The van der Waals surface area contributed by atoms with E-state index in [0.717, 1.165) is 17.7 Å². The van der Waals surface area contributed by atoms with Crippen molar-refractivity contribution < 1.29 is 4.74 Å². The molecule has 3 heteroatoms. The van der Waals surface area contributed by atoms with Crippen molar-refractivity contribution in [2.75, 3.05) is 5.88 Å². The van der Waals surface area contributed by atoms with E-state index in [1.165, 1.54) is 0 Å². The summed E-state index contributed by atoms with van der Waals surface area (Å²) in [4.78, 5) is 4.36. The highest BCUT2D eigenvalue weighted by Gasteiger charge is 2.13. The van der Waals surface area contributed by atoms with Gasteiger partial charge in [0.1, 0.15) is 6.10 Å². The summed E-state index contributed by atoms with van der Waals surface area (Å²) in [5, 5.41) is 0. The van der Waals surface area contributed by atoms with E-state index in [4.69, 9.17) is 16.3 Å². The van der Waals surface area contributed by atoms with Crippen molar-refractivity contribution in [3.8, 4) is 5.88 Å². The van der Waals surface area contributed by atoms with E-state index >= 15 is 0 Å². The molecule has 1 aromatic carbocycles. The van der Waals surface area contributed by atoms with Crippen LogP contribution in [0.1, 0.15) is 23.8 Å². The lowest BCUT2D eigenvalue weighted by Gasteiger charge is -2.18. The van der Waals surface area contributed by atoms with Crippen molar-refractivity contribution in [1.82, 2.24) is 4.98 Å². The number of hydrogen-bond donors (Lipinski definition) is 0. The summed E-state index contributed by atoms with van der Waals surface area (Å²) in [5.74, 6) is 1.21. The van der Waals surface area contributed by atoms with Gasteiger partial charge in [0.15, 0.2) is 0 Å². The Morgan fingerprint density at radius 1 is 1.11 bits per heavy atom. The third kappa shape index (κ3) is 3.47. The molecule has 0 aliphatic heterocycles. The van der Waals surface area contributed by atoms with Crippen molar-refractivity contribution in [3.63, 3.8) is 0 Å². The van der Waals surface area contributed by atoms with Crippen LogP contribution in [0.2, 0.25) is 0 Å². The summed E-state index contributed by atoms with van der Waals surface area (Å²) in [7, 11) is 0. The van der Waals surface area contributed by atoms with Crippen LogP contribution in [0.15, 0.2) is 48.5 Å². The predicted octanol–water partition coefficient (Wildman–Crippen LogP) is 4.14. The number of aryl methyl sites for hydroxylation is 1. The van der Waals surface area contributed by atoms with Gasteiger partial charge in [-0.2, -0.15) is 0 Å². The first-order valence-electron chi connectivity index (χ1n) is 6.01. The normalized spacial score (nSPS) is 12.1. The van der Waals surface area contributed by atoms with Gasteiger partial charge in [-0.3, -0.25) is 0 Å². The average molecular weight is 262 g/mol. The van der Waals surface area contributed by atoms with Gasteiger partial charge in [0, 0.05) is 24.1 Å². The molecule has 1 unspecified atom stereocenters. The minimum Gasteiger partial charge on any atom is -0.469 e. The number of ether oxygens (including phenoxy) is 1. The molecule has 0 bridgehead atoms. The minimum absolute atomic E-state index is 0.0435. The molecule has 0 fully saturated rings. The van der Waals surface area contributed by atoms with E-state index in [0.29, 0.717) is 11.8 Å². The Balaban J connectivity index is 2.16. The molecular weight excluding hydrogens is 246 g/mol. The maximum atomic E-state index is 5.93. The van der Waals surface area contributed by atoms with E-state index in [1.807, 2.05) is 55.5 Å². The van der Waals surface area contributed by atoms with Crippen LogP contribution in [0, 0.1) is 6.92 Å². The molecule has 2 nitrogen and oxygen atoms in total. The third-order valence-corrected chi connectivity index (χ3v) is 2.89. The molecule has 2 rings (SSSR count). The molecule has 0 aliphatic carbocycles. The zero-order valence-electron chi connectivity index (χ0n) is 10.3. The maximum absolute atomic E-state index is 5.93. The van der Waals surface area contributed by atoms with Crippen molar-refractivity contribution in [2.45, 2.75) is 19.4 Å². The number of pyridine rings is 1. The van der Waals surface area contributed by atoms with Gasteiger partial charge in [0.2, 0.25) is 5.88 Å². The molecule has 0 aliphatic rings. The second kappa shape index (κ2) is 6.41.